The van der Waals surface area contributed by atoms with Gasteiger partial charge in [-0.05, 0) is 12.1 Å². The molecule has 0 unspecified atom stereocenters. The minimum Gasteiger partial charge on any atom is -0.493 e. The van der Waals surface area contributed by atoms with E-state index in [9.17, 15) is 18.4 Å². The minimum absolute atomic E-state index is 0.00744. The molecule has 1 aromatic rings. The Bertz CT molecular complexity index is 648. The summed E-state index contributed by atoms with van der Waals surface area (Å²) in [5, 5.41) is 11.5. The van der Waals surface area contributed by atoms with Crippen LogP contribution in [0.5, 0.6) is 11.5 Å². The Balaban J connectivity index is 2.16. The molecule has 0 aliphatic carbocycles. The summed E-state index contributed by atoms with van der Waals surface area (Å²) < 4.78 is 33.8. The SMILES string of the molecule is COc1cc(NC2=CC(=O)N(CCO)C2=O)ccc1OC(F)F. The molecule has 2 N–H and O–H groups in total. The quantitative estimate of drug-likeness (QED) is 0.725. The lowest BCUT2D eigenvalue weighted by Crippen LogP contribution is -2.34. The van der Waals surface area contributed by atoms with Crippen molar-refractivity contribution in [1.82, 2.24) is 4.90 Å². The van der Waals surface area contributed by atoms with Crippen molar-refractivity contribution in [3.63, 3.8) is 0 Å². The predicted molar refractivity (Wildman–Crippen MR) is 75.1 cm³/mol. The van der Waals surface area contributed by atoms with E-state index < -0.39 is 18.4 Å². The van der Waals surface area contributed by atoms with Gasteiger partial charge in [-0.2, -0.15) is 8.78 Å². The number of aliphatic hydroxyl groups excluding tert-OH is 1. The first-order valence-corrected chi connectivity index (χ1v) is 6.54. The smallest absolute Gasteiger partial charge is 0.387 e. The summed E-state index contributed by atoms with van der Waals surface area (Å²) in [6, 6.07) is 4.00. The number of imide groups is 1. The molecule has 2 rings (SSSR count). The number of anilines is 1. The average molecular weight is 328 g/mol. The highest BCUT2D eigenvalue weighted by atomic mass is 19.3. The van der Waals surface area contributed by atoms with Crippen molar-refractivity contribution in [2.75, 3.05) is 25.6 Å². The zero-order valence-electron chi connectivity index (χ0n) is 12.1. The monoisotopic (exact) mass is 328 g/mol. The van der Waals surface area contributed by atoms with Gasteiger partial charge in [-0.3, -0.25) is 14.5 Å². The number of hydrogen-bond acceptors (Lipinski definition) is 6. The summed E-state index contributed by atoms with van der Waals surface area (Å²) in [5.41, 5.74) is 0.356. The molecule has 1 heterocycles. The van der Waals surface area contributed by atoms with E-state index in [2.05, 4.69) is 10.1 Å². The second-order valence-corrected chi connectivity index (χ2v) is 4.45. The normalized spacial score (nSPS) is 14.3. The standard InChI is InChI=1S/C14H14F2N2O5/c1-22-11-6-8(2-3-10(11)23-14(15)16)17-9-7-12(20)18(4-5-19)13(9)21/h2-3,6-7,14,17,19H,4-5H2,1H3. The first kappa shape index (κ1) is 16.7. The van der Waals surface area contributed by atoms with Crippen LogP contribution in [0.4, 0.5) is 14.5 Å². The van der Waals surface area contributed by atoms with Gasteiger partial charge in [-0.25, -0.2) is 0 Å². The van der Waals surface area contributed by atoms with E-state index in [1.807, 2.05) is 0 Å². The van der Waals surface area contributed by atoms with Crippen LogP contribution >= 0.6 is 0 Å². The zero-order valence-corrected chi connectivity index (χ0v) is 12.1. The zero-order chi connectivity index (χ0) is 17.0. The number of alkyl halides is 2. The topological polar surface area (TPSA) is 88.1 Å². The number of aliphatic hydroxyl groups is 1. The molecular weight excluding hydrogens is 314 g/mol. The summed E-state index contributed by atoms with van der Waals surface area (Å²) in [6.45, 7) is -3.44. The van der Waals surface area contributed by atoms with Crippen LogP contribution in [-0.2, 0) is 9.59 Å². The number of hydrogen-bond donors (Lipinski definition) is 2. The first-order valence-electron chi connectivity index (χ1n) is 6.54. The van der Waals surface area contributed by atoms with Crippen molar-refractivity contribution in [3.05, 3.63) is 30.0 Å². The molecule has 1 aliphatic heterocycles. The molecule has 1 aromatic carbocycles. The summed E-state index contributed by atoms with van der Waals surface area (Å²) in [7, 11) is 1.28. The van der Waals surface area contributed by atoms with Gasteiger partial charge in [0.2, 0.25) is 0 Å². The van der Waals surface area contributed by atoms with Crippen LogP contribution in [0.2, 0.25) is 0 Å². The summed E-state index contributed by atoms with van der Waals surface area (Å²) >= 11 is 0. The molecule has 9 heteroatoms. The fourth-order valence-corrected chi connectivity index (χ4v) is 2.00. The lowest BCUT2D eigenvalue weighted by Gasteiger charge is -2.14. The maximum Gasteiger partial charge on any atom is 0.387 e. The number of rotatable bonds is 7. The van der Waals surface area contributed by atoms with Gasteiger partial charge < -0.3 is 19.9 Å². The molecule has 0 saturated carbocycles. The number of carbonyl (C=O) groups is 2. The number of ether oxygens (including phenoxy) is 2. The molecule has 0 saturated heterocycles. The van der Waals surface area contributed by atoms with Crippen LogP contribution < -0.4 is 14.8 Å². The van der Waals surface area contributed by atoms with Gasteiger partial charge in [0.1, 0.15) is 5.70 Å². The van der Waals surface area contributed by atoms with E-state index in [-0.39, 0.29) is 30.3 Å². The highest BCUT2D eigenvalue weighted by molar-refractivity contribution is 6.17. The van der Waals surface area contributed by atoms with Gasteiger partial charge in [0.25, 0.3) is 11.8 Å². The van der Waals surface area contributed by atoms with Gasteiger partial charge in [0.05, 0.1) is 20.3 Å². The van der Waals surface area contributed by atoms with Gasteiger partial charge in [0.15, 0.2) is 11.5 Å². The van der Waals surface area contributed by atoms with E-state index in [4.69, 9.17) is 9.84 Å². The first-order chi connectivity index (χ1) is 11.0. The second kappa shape index (κ2) is 7.05. The van der Waals surface area contributed by atoms with E-state index in [0.717, 1.165) is 11.0 Å². The van der Waals surface area contributed by atoms with Crippen LogP contribution in [0.1, 0.15) is 0 Å². The molecule has 124 valence electrons. The summed E-state index contributed by atoms with van der Waals surface area (Å²) in [5.74, 6) is -1.25. The molecule has 0 fully saturated rings. The summed E-state index contributed by atoms with van der Waals surface area (Å²) in [6.07, 6.45) is 1.09. The molecule has 1 aliphatic rings. The number of amides is 2. The molecule has 0 spiro atoms. The number of carbonyl (C=O) groups excluding carboxylic acids is 2. The molecule has 7 nitrogen and oxygen atoms in total. The van der Waals surface area contributed by atoms with E-state index in [1.165, 1.54) is 25.3 Å². The third kappa shape index (κ3) is 3.75. The number of benzene rings is 1. The van der Waals surface area contributed by atoms with Gasteiger partial charge in [-0.15, -0.1) is 0 Å². The van der Waals surface area contributed by atoms with E-state index in [1.54, 1.807) is 0 Å². The third-order valence-electron chi connectivity index (χ3n) is 2.99. The lowest BCUT2D eigenvalue weighted by molar-refractivity contribution is -0.137. The Morgan fingerprint density at radius 1 is 1.30 bits per heavy atom. The van der Waals surface area contributed by atoms with Gasteiger partial charge >= 0.3 is 6.61 Å². The van der Waals surface area contributed by atoms with Crippen LogP contribution in [0.3, 0.4) is 0 Å². The number of methoxy groups -OCH3 is 1. The molecule has 0 radical (unpaired) electrons. The van der Waals surface area contributed by atoms with Crippen molar-refractivity contribution < 1.29 is 33.0 Å². The molecule has 0 bridgehead atoms. The van der Waals surface area contributed by atoms with Crippen LogP contribution in [0.25, 0.3) is 0 Å². The Morgan fingerprint density at radius 3 is 2.65 bits per heavy atom. The van der Waals surface area contributed by atoms with Gasteiger partial charge in [0, 0.05) is 17.8 Å². The molecule has 0 aromatic heterocycles. The van der Waals surface area contributed by atoms with Crippen molar-refractivity contribution >= 4 is 17.5 Å². The van der Waals surface area contributed by atoms with Crippen molar-refractivity contribution in [2.45, 2.75) is 6.61 Å². The van der Waals surface area contributed by atoms with Crippen LogP contribution in [-0.4, -0.2) is 48.7 Å². The van der Waals surface area contributed by atoms with Crippen molar-refractivity contribution in [3.8, 4) is 11.5 Å². The van der Waals surface area contributed by atoms with Crippen LogP contribution in [0, 0.1) is 0 Å². The molecule has 0 atom stereocenters. The number of halogens is 2. The highest BCUT2D eigenvalue weighted by Gasteiger charge is 2.30. The maximum absolute atomic E-state index is 12.3. The molecular formula is C14H14F2N2O5. The number of nitrogens with zero attached hydrogens (tertiary/aromatic N) is 1. The Hall–Kier alpha value is -2.68. The fourth-order valence-electron chi connectivity index (χ4n) is 2.00. The largest absolute Gasteiger partial charge is 0.493 e. The molecule has 23 heavy (non-hydrogen) atoms. The second-order valence-electron chi connectivity index (χ2n) is 4.45. The summed E-state index contributed by atoms with van der Waals surface area (Å²) in [4.78, 5) is 24.5. The van der Waals surface area contributed by atoms with E-state index in [0.29, 0.717) is 5.69 Å². The van der Waals surface area contributed by atoms with Crippen molar-refractivity contribution in [2.24, 2.45) is 0 Å². The Labute approximate surface area is 130 Å². The Kier molecular flexibility index (Phi) is 5.12. The highest BCUT2D eigenvalue weighted by Crippen LogP contribution is 2.32. The number of nitrogens with one attached hydrogen (secondary N) is 1. The fraction of sp³-hybridized carbons (Fsp3) is 0.286. The third-order valence-corrected chi connectivity index (χ3v) is 2.99. The lowest BCUT2D eigenvalue weighted by atomic mass is 10.2. The van der Waals surface area contributed by atoms with Crippen molar-refractivity contribution in [1.29, 1.82) is 0 Å². The number of β-amino-alcohol motifs (C(OH)–C–C–N with tert-alkyl or cyclic N) is 1. The Morgan fingerprint density at radius 2 is 2.04 bits per heavy atom. The predicted octanol–water partition coefficient (Wildman–Crippen LogP) is 0.953. The molecule has 2 amide bonds. The average Bonchev–Trinajstić information content (AvgIpc) is 2.76. The maximum atomic E-state index is 12.3. The van der Waals surface area contributed by atoms with Crippen LogP contribution in [0.15, 0.2) is 30.0 Å². The van der Waals surface area contributed by atoms with E-state index >= 15 is 0 Å². The minimum atomic E-state index is -2.99. The van der Waals surface area contributed by atoms with Gasteiger partial charge in [-0.1, -0.05) is 0 Å².